The predicted octanol–water partition coefficient (Wildman–Crippen LogP) is 7.66. The van der Waals surface area contributed by atoms with Crippen molar-refractivity contribution in [3.8, 4) is 17.6 Å². The topological polar surface area (TPSA) is 82.4 Å². The van der Waals surface area contributed by atoms with Crippen LogP contribution < -0.4 is 9.47 Å². The minimum atomic E-state index is -1.46. The number of methoxy groups -OCH3 is 2. The van der Waals surface area contributed by atoms with Gasteiger partial charge >= 0.3 is 0 Å². The summed E-state index contributed by atoms with van der Waals surface area (Å²) in [5.74, 6) is 1.51. The third-order valence-corrected chi connectivity index (χ3v) is 9.96. The first-order valence-electron chi connectivity index (χ1n) is 15.5. The molecule has 0 bridgehead atoms. The first-order valence-corrected chi connectivity index (χ1v) is 16.6. The van der Waals surface area contributed by atoms with Gasteiger partial charge < -0.3 is 34.9 Å². The summed E-state index contributed by atoms with van der Waals surface area (Å²) in [7, 11) is 1.85. The van der Waals surface area contributed by atoms with Crippen LogP contribution >= 0.6 is 8.53 Å². The van der Waals surface area contributed by atoms with Crippen LogP contribution in [0.4, 0.5) is 0 Å². The van der Waals surface area contributed by atoms with Gasteiger partial charge in [0.25, 0.3) is 8.53 Å². The van der Waals surface area contributed by atoms with Gasteiger partial charge in [-0.25, -0.2) is 4.67 Å². The zero-order chi connectivity index (χ0) is 32.4. The average molecular weight is 723 g/mol. The summed E-state index contributed by atoms with van der Waals surface area (Å²) in [4.78, 5) is 0. The Labute approximate surface area is 301 Å². The van der Waals surface area contributed by atoms with Gasteiger partial charge in [0.1, 0.15) is 23.2 Å². The number of rotatable bonds is 16. The molecule has 10 heteroatoms. The van der Waals surface area contributed by atoms with Gasteiger partial charge in [0.05, 0.1) is 46.0 Å². The molecule has 1 fully saturated rings. The smallest absolute Gasteiger partial charge is 0.259 e. The largest absolute Gasteiger partial charge is 0.497 e. The van der Waals surface area contributed by atoms with Crippen molar-refractivity contribution in [3.63, 3.8) is 0 Å². The van der Waals surface area contributed by atoms with Crippen LogP contribution in [0.2, 0.25) is 0 Å². The standard InChI is InChI=1S/C36H46N2O6P.Y/c1-26(2)38(27(3)4)45(42-23-11-22-37)44-34-24-28(5)43-35(34)25-41-36(29-12-9-8-10-13-29,30-14-18-32(39-6)19-15-30)31-16-20-33(40-7)21-17-31;/h8-10,12-21,26-28,34-35H,5,11,23-25H2,1-4,6-7H3;/q-1;. The van der Waals surface area contributed by atoms with E-state index in [1.807, 2.05) is 66.7 Å². The molecule has 0 saturated carbocycles. The van der Waals surface area contributed by atoms with Gasteiger partial charge in [0.2, 0.25) is 0 Å². The maximum absolute atomic E-state index is 9.15. The van der Waals surface area contributed by atoms with E-state index in [2.05, 4.69) is 57.5 Å². The fourth-order valence-corrected chi connectivity index (χ4v) is 7.51. The number of nitrogens with zero attached hydrogens (tertiary/aromatic N) is 2. The van der Waals surface area contributed by atoms with E-state index in [1.165, 1.54) is 0 Å². The Morgan fingerprint density at radius 2 is 1.41 bits per heavy atom. The molecule has 0 amide bonds. The molecule has 4 rings (SSSR count). The quantitative estimate of drug-likeness (QED) is 0.0646. The third kappa shape index (κ3) is 9.37. The molecule has 1 aliphatic heterocycles. The van der Waals surface area contributed by atoms with Gasteiger partial charge in [0, 0.05) is 44.8 Å². The molecule has 0 aromatic heterocycles. The van der Waals surface area contributed by atoms with Gasteiger partial charge in [-0.05, 0) is 75.1 Å². The Kier molecular flexibility index (Phi) is 15.6. The van der Waals surface area contributed by atoms with Crippen LogP contribution in [-0.2, 0) is 56.8 Å². The Morgan fingerprint density at radius 1 is 0.891 bits per heavy atom. The first kappa shape index (κ1) is 38.5. The molecule has 8 nitrogen and oxygen atoms in total. The second kappa shape index (κ2) is 18.6. The van der Waals surface area contributed by atoms with E-state index in [1.54, 1.807) is 14.2 Å². The van der Waals surface area contributed by atoms with Crippen LogP contribution in [-0.4, -0.2) is 62.5 Å². The van der Waals surface area contributed by atoms with Crippen LogP contribution in [0.1, 0.15) is 57.2 Å². The summed E-state index contributed by atoms with van der Waals surface area (Å²) >= 11 is 0. The number of nitriles is 1. The molecule has 1 aliphatic rings. The van der Waals surface area contributed by atoms with Crippen LogP contribution in [0, 0.1) is 18.3 Å². The SMILES string of the molecule is [CH2-]C1CC(OP(OCCC#N)N(C(C)C)C(C)C)C(COC(c2ccccc2)(c2ccc(OC)cc2)c2ccc(OC)cc2)O1.[Y]. The van der Waals surface area contributed by atoms with Crippen LogP contribution in [0.15, 0.2) is 78.9 Å². The molecular formula is C36H46N2O6PY-. The maximum atomic E-state index is 9.15. The molecule has 0 aliphatic carbocycles. The van der Waals surface area contributed by atoms with E-state index < -0.39 is 20.2 Å². The van der Waals surface area contributed by atoms with E-state index in [0.717, 1.165) is 28.2 Å². The molecule has 0 spiro atoms. The molecule has 1 saturated heterocycles. The molecule has 3 aromatic carbocycles. The van der Waals surface area contributed by atoms with E-state index in [-0.39, 0.29) is 63.6 Å². The molecule has 245 valence electrons. The summed E-state index contributed by atoms with van der Waals surface area (Å²) < 4.78 is 39.6. The van der Waals surface area contributed by atoms with Crippen molar-refractivity contribution < 1.29 is 60.7 Å². The number of ether oxygens (including phenoxy) is 4. The van der Waals surface area contributed by atoms with Crippen molar-refractivity contribution in [2.45, 2.75) is 76.5 Å². The van der Waals surface area contributed by atoms with Crippen LogP contribution in [0.25, 0.3) is 0 Å². The first-order chi connectivity index (χ1) is 21.7. The Hall–Kier alpha value is -1.92. The van der Waals surface area contributed by atoms with Gasteiger partial charge in [-0.2, -0.15) is 5.26 Å². The summed E-state index contributed by atoms with van der Waals surface area (Å²) in [5, 5.41) is 9.15. The number of hydrogen-bond acceptors (Lipinski definition) is 8. The zero-order valence-corrected chi connectivity index (χ0v) is 31.5. The van der Waals surface area contributed by atoms with Crippen molar-refractivity contribution in [1.82, 2.24) is 4.67 Å². The Morgan fingerprint density at radius 3 is 1.89 bits per heavy atom. The number of hydrogen-bond donors (Lipinski definition) is 0. The minimum Gasteiger partial charge on any atom is -0.497 e. The predicted molar refractivity (Wildman–Crippen MR) is 177 cm³/mol. The van der Waals surface area contributed by atoms with Crippen LogP contribution in [0.5, 0.6) is 11.5 Å². The van der Waals surface area contributed by atoms with Gasteiger partial charge in [-0.15, -0.1) is 0 Å². The molecular weight excluding hydrogens is 676 g/mol. The zero-order valence-electron chi connectivity index (χ0n) is 27.8. The second-order valence-electron chi connectivity index (χ2n) is 11.5. The van der Waals surface area contributed by atoms with Gasteiger partial charge in [0.15, 0.2) is 0 Å². The van der Waals surface area contributed by atoms with E-state index in [4.69, 9.17) is 33.3 Å². The molecule has 0 N–H and O–H groups in total. The van der Waals surface area contributed by atoms with Crippen LogP contribution in [0.3, 0.4) is 0 Å². The molecule has 3 aromatic rings. The fraction of sp³-hybridized carbons (Fsp3) is 0.444. The molecule has 4 atom stereocenters. The summed E-state index contributed by atoms with van der Waals surface area (Å²) in [6.45, 7) is 13.2. The Bertz CT molecular complexity index is 1300. The van der Waals surface area contributed by atoms with Crippen molar-refractivity contribution in [1.29, 1.82) is 5.26 Å². The molecule has 1 radical (unpaired) electrons. The van der Waals surface area contributed by atoms with Crippen molar-refractivity contribution in [2.24, 2.45) is 0 Å². The van der Waals surface area contributed by atoms with Gasteiger partial charge in [-0.3, -0.25) is 0 Å². The normalized spacial score (nSPS) is 18.8. The maximum Gasteiger partial charge on any atom is 0.259 e. The van der Waals surface area contributed by atoms with Gasteiger partial charge in [-0.1, -0.05) is 60.7 Å². The monoisotopic (exact) mass is 722 g/mol. The summed E-state index contributed by atoms with van der Waals surface area (Å²) in [5.41, 5.74) is 1.86. The number of benzene rings is 3. The fourth-order valence-electron chi connectivity index (χ4n) is 5.75. The van der Waals surface area contributed by atoms with Crippen molar-refractivity contribution in [3.05, 3.63) is 102 Å². The van der Waals surface area contributed by atoms with E-state index >= 15 is 0 Å². The van der Waals surface area contributed by atoms with E-state index in [0.29, 0.717) is 19.4 Å². The third-order valence-electron chi connectivity index (χ3n) is 7.80. The molecule has 1 heterocycles. The average Bonchev–Trinajstić information content (AvgIpc) is 3.40. The molecule has 46 heavy (non-hydrogen) atoms. The Balaban J connectivity index is 0.00000576. The summed E-state index contributed by atoms with van der Waals surface area (Å²) in [6, 6.07) is 28.7. The van der Waals surface area contributed by atoms with Crippen molar-refractivity contribution >= 4 is 8.53 Å². The van der Waals surface area contributed by atoms with E-state index in [9.17, 15) is 0 Å². The molecule has 4 unspecified atom stereocenters. The minimum absolute atomic E-state index is 0. The summed E-state index contributed by atoms with van der Waals surface area (Å²) in [6.07, 6.45) is -0.0960. The second-order valence-corrected chi connectivity index (χ2v) is 12.9. The van der Waals surface area contributed by atoms with Crippen molar-refractivity contribution in [2.75, 3.05) is 27.4 Å².